The van der Waals surface area contributed by atoms with Crippen LogP contribution in [-0.4, -0.2) is 55.4 Å². The highest BCUT2D eigenvalue weighted by Crippen LogP contribution is 2.44. The molecule has 0 fully saturated rings. The largest absolute Gasteiger partial charge is 0.478 e. The molecule has 0 saturated heterocycles. The maximum atomic E-state index is 14.6. The molecule has 0 aliphatic rings. The fraction of sp³-hybridized carbons (Fsp3) is 0.296. The first-order valence-corrected chi connectivity index (χ1v) is 12.9. The molecule has 0 atom stereocenters. The van der Waals surface area contributed by atoms with Gasteiger partial charge in [0.2, 0.25) is 0 Å². The van der Waals surface area contributed by atoms with E-state index in [0.717, 1.165) is 28.4 Å². The fourth-order valence-corrected chi connectivity index (χ4v) is 5.14. The fourth-order valence-electron chi connectivity index (χ4n) is 3.84. The van der Waals surface area contributed by atoms with Gasteiger partial charge < -0.3 is 20.1 Å². The van der Waals surface area contributed by atoms with Crippen molar-refractivity contribution in [2.24, 2.45) is 0 Å². The Morgan fingerprint density at radius 3 is 2.15 bits per heavy atom. The number of nitrogens with one attached hydrogen (secondary N) is 2. The van der Waals surface area contributed by atoms with E-state index in [4.69, 9.17) is 4.74 Å². The van der Waals surface area contributed by atoms with Gasteiger partial charge in [-0.1, -0.05) is 18.2 Å². The Balaban J connectivity index is 2.19. The Labute approximate surface area is 234 Å². The van der Waals surface area contributed by atoms with Gasteiger partial charge in [0.05, 0.1) is 25.3 Å². The zero-order valence-corrected chi connectivity index (χ0v) is 23.4. The molecule has 10 nitrogen and oxygen atoms in total. The highest BCUT2D eigenvalue weighted by Gasteiger charge is 2.32. The van der Waals surface area contributed by atoms with E-state index < -0.39 is 47.9 Å². The number of aromatic carboxylic acids is 1. The number of hydrogen-bond donors (Lipinski definition) is 3. The van der Waals surface area contributed by atoms with E-state index in [2.05, 4.69) is 15.6 Å². The van der Waals surface area contributed by atoms with Crippen LogP contribution in [0, 0.1) is 11.6 Å². The van der Waals surface area contributed by atoms with Crippen molar-refractivity contribution in [3.8, 4) is 10.4 Å². The van der Waals surface area contributed by atoms with Crippen LogP contribution in [-0.2, 0) is 22.7 Å². The minimum absolute atomic E-state index is 0.0330. The standard InChI is InChI=1S/C27H30F2N4O6S/c1-15(2)39-27(37)33(14-18-20(28)7-6-8-21(18)29)24-22(25(34)35)19(13-32(3)4)23(40-24)16-9-11-17(12-10-16)30-26(36)31-38-5/h6-12,15H,13-14H2,1-5H3,(H,34,35)(H2,30,31,36). The van der Waals surface area contributed by atoms with Crippen LogP contribution < -0.4 is 15.7 Å². The Bertz CT molecular complexity index is 1360. The second kappa shape index (κ2) is 13.3. The Kier molecular flexibility index (Phi) is 10.2. The number of halogens is 2. The number of hydrogen-bond acceptors (Lipinski definition) is 7. The molecule has 214 valence electrons. The number of carboxylic acids is 1. The summed E-state index contributed by atoms with van der Waals surface area (Å²) < 4.78 is 34.6. The number of carbonyl (C=O) groups is 3. The monoisotopic (exact) mass is 576 g/mol. The summed E-state index contributed by atoms with van der Waals surface area (Å²) in [5.74, 6) is -3.09. The van der Waals surface area contributed by atoms with Gasteiger partial charge in [-0.05, 0) is 57.8 Å². The lowest BCUT2D eigenvalue weighted by molar-refractivity contribution is 0.0696. The maximum Gasteiger partial charge on any atom is 0.415 e. The summed E-state index contributed by atoms with van der Waals surface area (Å²) in [4.78, 5) is 45.4. The van der Waals surface area contributed by atoms with E-state index in [-0.39, 0.29) is 17.1 Å². The van der Waals surface area contributed by atoms with Crippen LogP contribution in [0.25, 0.3) is 10.4 Å². The zero-order valence-electron chi connectivity index (χ0n) is 22.6. The van der Waals surface area contributed by atoms with Crippen molar-refractivity contribution in [1.29, 1.82) is 0 Å². The van der Waals surface area contributed by atoms with Crippen molar-refractivity contribution in [3.05, 3.63) is 70.8 Å². The number of thiophene rings is 1. The molecule has 0 bridgehead atoms. The van der Waals surface area contributed by atoms with Crippen molar-refractivity contribution in [2.75, 3.05) is 31.4 Å². The molecule has 3 amide bonds. The number of amides is 3. The van der Waals surface area contributed by atoms with Crippen molar-refractivity contribution >= 4 is 40.1 Å². The topological polar surface area (TPSA) is 120 Å². The van der Waals surface area contributed by atoms with Crippen LogP contribution >= 0.6 is 11.3 Å². The molecule has 3 N–H and O–H groups in total. The minimum Gasteiger partial charge on any atom is -0.478 e. The van der Waals surface area contributed by atoms with Gasteiger partial charge in [0, 0.05) is 28.2 Å². The second-order valence-electron chi connectivity index (χ2n) is 9.19. The minimum atomic E-state index is -1.32. The van der Waals surface area contributed by atoms with Crippen LogP contribution in [0.15, 0.2) is 42.5 Å². The highest BCUT2D eigenvalue weighted by molar-refractivity contribution is 7.20. The number of carboxylic acid groups (broad SMARTS) is 1. The third kappa shape index (κ3) is 7.31. The van der Waals surface area contributed by atoms with Crippen molar-refractivity contribution in [3.63, 3.8) is 0 Å². The summed E-state index contributed by atoms with van der Waals surface area (Å²) in [6.07, 6.45) is -1.53. The Morgan fingerprint density at radius 2 is 1.62 bits per heavy atom. The number of carbonyl (C=O) groups excluding carboxylic acids is 2. The van der Waals surface area contributed by atoms with E-state index >= 15 is 0 Å². The molecule has 2 aromatic carbocycles. The van der Waals surface area contributed by atoms with Crippen molar-refractivity contribution in [1.82, 2.24) is 10.4 Å². The van der Waals surface area contributed by atoms with Crippen LogP contribution in [0.3, 0.4) is 0 Å². The van der Waals surface area contributed by atoms with Gasteiger partial charge in [0.1, 0.15) is 16.6 Å². The molecule has 3 aromatic rings. The summed E-state index contributed by atoms with van der Waals surface area (Å²) in [5.41, 5.74) is 2.98. The van der Waals surface area contributed by atoms with Gasteiger partial charge in [-0.2, -0.15) is 0 Å². The van der Waals surface area contributed by atoms with Crippen LogP contribution in [0.4, 0.5) is 29.1 Å². The molecule has 0 aliphatic carbocycles. The Morgan fingerprint density at radius 1 is 1.00 bits per heavy atom. The first-order valence-electron chi connectivity index (χ1n) is 12.1. The van der Waals surface area contributed by atoms with Gasteiger partial charge in [-0.3, -0.25) is 9.74 Å². The highest BCUT2D eigenvalue weighted by atomic mass is 32.1. The van der Waals surface area contributed by atoms with E-state index in [1.807, 2.05) is 0 Å². The number of rotatable bonds is 10. The summed E-state index contributed by atoms with van der Waals surface area (Å²) in [6, 6.07) is 9.31. The molecule has 0 spiro atoms. The van der Waals surface area contributed by atoms with Crippen molar-refractivity contribution < 1.29 is 37.8 Å². The molecule has 13 heteroatoms. The van der Waals surface area contributed by atoms with Crippen molar-refractivity contribution in [2.45, 2.75) is 33.0 Å². The van der Waals surface area contributed by atoms with Gasteiger partial charge in [-0.25, -0.2) is 28.6 Å². The number of benzene rings is 2. The number of nitrogens with zero attached hydrogens (tertiary/aromatic N) is 2. The lowest BCUT2D eigenvalue weighted by Gasteiger charge is -2.23. The first kappa shape index (κ1) is 30.5. The zero-order chi connectivity index (χ0) is 29.6. The number of anilines is 2. The molecule has 0 saturated carbocycles. The van der Waals surface area contributed by atoms with E-state index in [1.54, 1.807) is 57.1 Å². The summed E-state index contributed by atoms with van der Waals surface area (Å²) in [6.45, 7) is 2.81. The summed E-state index contributed by atoms with van der Waals surface area (Å²) in [7, 11) is 4.81. The smallest absolute Gasteiger partial charge is 0.415 e. The summed E-state index contributed by atoms with van der Waals surface area (Å²) in [5, 5.41) is 12.8. The number of urea groups is 1. The maximum absolute atomic E-state index is 14.6. The number of ether oxygens (including phenoxy) is 1. The normalized spacial score (nSPS) is 11.0. The van der Waals surface area contributed by atoms with Gasteiger partial charge >= 0.3 is 18.1 Å². The molecule has 3 rings (SSSR count). The van der Waals surface area contributed by atoms with Crippen LogP contribution in [0.5, 0.6) is 0 Å². The summed E-state index contributed by atoms with van der Waals surface area (Å²) >= 11 is 0.985. The quantitative estimate of drug-likeness (QED) is 0.265. The number of hydroxylamine groups is 1. The van der Waals surface area contributed by atoms with E-state index in [1.165, 1.54) is 13.2 Å². The van der Waals surface area contributed by atoms with E-state index in [0.29, 0.717) is 21.7 Å². The predicted octanol–water partition coefficient (Wildman–Crippen LogP) is 5.69. The van der Waals surface area contributed by atoms with E-state index in [9.17, 15) is 28.3 Å². The predicted molar refractivity (Wildman–Crippen MR) is 147 cm³/mol. The average Bonchev–Trinajstić information content (AvgIpc) is 3.22. The molecule has 1 aromatic heterocycles. The van der Waals surface area contributed by atoms with Gasteiger partial charge in [0.15, 0.2) is 0 Å². The molecule has 0 radical (unpaired) electrons. The SMILES string of the molecule is CONC(=O)Nc1ccc(-c2sc(N(Cc3c(F)cccc3F)C(=O)OC(C)C)c(C(=O)O)c2CN(C)C)cc1. The van der Waals surface area contributed by atoms with Gasteiger partial charge in [0.25, 0.3) is 0 Å². The molecular formula is C27H30F2N4O6S. The molecule has 1 heterocycles. The molecular weight excluding hydrogens is 546 g/mol. The molecule has 0 aliphatic heterocycles. The third-order valence-electron chi connectivity index (χ3n) is 5.46. The van der Waals surface area contributed by atoms with Crippen LogP contribution in [0.2, 0.25) is 0 Å². The Hall–Kier alpha value is -4.07. The second-order valence-corrected chi connectivity index (χ2v) is 10.2. The van der Waals surface area contributed by atoms with Gasteiger partial charge in [-0.15, -0.1) is 11.3 Å². The first-order chi connectivity index (χ1) is 18.9. The molecule has 40 heavy (non-hydrogen) atoms. The lowest BCUT2D eigenvalue weighted by atomic mass is 10.0. The molecule has 0 unspecified atom stereocenters. The lowest BCUT2D eigenvalue weighted by Crippen LogP contribution is -2.34. The average molecular weight is 577 g/mol. The van der Waals surface area contributed by atoms with Crippen LogP contribution in [0.1, 0.15) is 35.3 Å². The third-order valence-corrected chi connectivity index (χ3v) is 6.76.